The van der Waals surface area contributed by atoms with E-state index < -0.39 is 17.4 Å². The molecule has 0 aliphatic rings. The largest absolute Gasteiger partial charge is 0.491 e. The Morgan fingerprint density at radius 3 is 2.86 bits per heavy atom. The number of hydrogen-bond donors (Lipinski definition) is 3. The quantitative estimate of drug-likeness (QED) is 0.494. The third-order valence-electron chi connectivity index (χ3n) is 4.33. The minimum Gasteiger partial charge on any atom is -0.491 e. The highest BCUT2D eigenvalue weighted by Crippen LogP contribution is 2.18. The van der Waals surface area contributed by atoms with Crippen LogP contribution in [0.4, 0.5) is 5.95 Å². The fourth-order valence-electron chi connectivity index (χ4n) is 2.88. The molecule has 9 nitrogen and oxygen atoms in total. The van der Waals surface area contributed by atoms with Crippen molar-refractivity contribution in [3.05, 3.63) is 63.3 Å². The first-order valence-electron chi connectivity index (χ1n) is 8.83. The molecule has 1 aromatic carbocycles. The van der Waals surface area contributed by atoms with Crippen molar-refractivity contribution in [3.63, 3.8) is 0 Å². The lowest BCUT2D eigenvalue weighted by molar-refractivity contribution is 0.0935. The molecule has 0 amide bonds. The number of nitrogens with zero attached hydrogens (tertiary/aromatic N) is 3. The molecule has 0 saturated heterocycles. The number of aryl methyl sites for hydroxylation is 2. The highest BCUT2D eigenvalue weighted by Gasteiger charge is 2.19. The number of aliphatic hydroxyl groups excluding tert-OH is 1. The summed E-state index contributed by atoms with van der Waals surface area (Å²) in [5.41, 5.74) is 0.267. The van der Waals surface area contributed by atoms with Gasteiger partial charge in [-0.25, -0.2) is 4.79 Å². The summed E-state index contributed by atoms with van der Waals surface area (Å²) >= 11 is 0. The number of aromatic amines is 1. The lowest BCUT2D eigenvalue weighted by Crippen LogP contribution is -2.31. The van der Waals surface area contributed by atoms with Crippen LogP contribution < -0.4 is 21.3 Å². The van der Waals surface area contributed by atoms with Crippen molar-refractivity contribution in [2.75, 3.05) is 18.5 Å². The summed E-state index contributed by atoms with van der Waals surface area (Å²) in [6.45, 7) is 6.07. The number of benzene rings is 1. The van der Waals surface area contributed by atoms with Crippen molar-refractivity contribution >= 4 is 17.1 Å². The second kappa shape index (κ2) is 8.13. The Morgan fingerprint density at radius 2 is 2.14 bits per heavy atom. The molecular formula is C19H23N5O4. The van der Waals surface area contributed by atoms with E-state index in [9.17, 15) is 14.7 Å². The second-order valence-electron chi connectivity index (χ2n) is 6.44. The topological polar surface area (TPSA) is 114 Å². The first kappa shape index (κ1) is 19.4. The molecule has 0 aliphatic carbocycles. The molecule has 0 aliphatic heterocycles. The van der Waals surface area contributed by atoms with Crippen LogP contribution in [0.5, 0.6) is 5.75 Å². The van der Waals surface area contributed by atoms with Crippen molar-refractivity contribution in [3.8, 4) is 5.75 Å². The van der Waals surface area contributed by atoms with Crippen LogP contribution in [0, 0.1) is 6.92 Å². The highest BCUT2D eigenvalue weighted by molar-refractivity contribution is 5.74. The van der Waals surface area contributed by atoms with E-state index in [1.54, 1.807) is 10.6 Å². The van der Waals surface area contributed by atoms with E-state index in [0.717, 1.165) is 5.56 Å². The Morgan fingerprint density at radius 1 is 1.39 bits per heavy atom. The number of aliphatic hydroxyl groups is 1. The van der Waals surface area contributed by atoms with Gasteiger partial charge in [0, 0.05) is 13.6 Å². The average Bonchev–Trinajstić information content (AvgIpc) is 3.02. The number of para-hydroxylation sites is 1. The van der Waals surface area contributed by atoms with E-state index in [-0.39, 0.29) is 24.3 Å². The van der Waals surface area contributed by atoms with Crippen molar-refractivity contribution < 1.29 is 9.84 Å². The Hall–Kier alpha value is -3.33. The van der Waals surface area contributed by atoms with E-state index in [2.05, 4.69) is 21.9 Å². The first-order chi connectivity index (χ1) is 13.4. The Labute approximate surface area is 160 Å². The van der Waals surface area contributed by atoms with Crippen molar-refractivity contribution in [2.24, 2.45) is 7.05 Å². The van der Waals surface area contributed by atoms with E-state index in [1.807, 2.05) is 31.2 Å². The molecule has 148 valence electrons. The predicted octanol–water partition coefficient (Wildman–Crippen LogP) is 0.770. The number of imidazole rings is 1. The van der Waals surface area contributed by atoms with E-state index in [4.69, 9.17) is 4.74 Å². The highest BCUT2D eigenvalue weighted by atomic mass is 16.5. The van der Waals surface area contributed by atoms with Crippen molar-refractivity contribution in [1.82, 2.24) is 19.1 Å². The van der Waals surface area contributed by atoms with Crippen LogP contribution in [0.2, 0.25) is 0 Å². The molecule has 3 N–H and O–H groups in total. The molecule has 1 atom stereocenters. The van der Waals surface area contributed by atoms with Crippen LogP contribution in [0.3, 0.4) is 0 Å². The minimum absolute atomic E-state index is 0.0368. The third-order valence-corrected chi connectivity index (χ3v) is 4.33. The van der Waals surface area contributed by atoms with Gasteiger partial charge in [0.1, 0.15) is 18.5 Å². The summed E-state index contributed by atoms with van der Waals surface area (Å²) in [5.74, 6) is 1.04. The molecule has 3 aromatic rings. The number of aromatic nitrogens is 4. The summed E-state index contributed by atoms with van der Waals surface area (Å²) in [6, 6.07) is 7.51. The second-order valence-corrected chi connectivity index (χ2v) is 6.44. The third kappa shape index (κ3) is 3.84. The summed E-state index contributed by atoms with van der Waals surface area (Å²) in [7, 11) is 1.52. The number of H-pyrrole nitrogens is 1. The van der Waals surface area contributed by atoms with Gasteiger partial charge in [-0.15, -0.1) is 6.58 Å². The molecular weight excluding hydrogens is 362 g/mol. The molecule has 0 fully saturated rings. The number of anilines is 1. The summed E-state index contributed by atoms with van der Waals surface area (Å²) in [4.78, 5) is 30.8. The van der Waals surface area contributed by atoms with Gasteiger partial charge in [-0.3, -0.25) is 14.3 Å². The average molecular weight is 385 g/mol. The van der Waals surface area contributed by atoms with Gasteiger partial charge < -0.3 is 19.7 Å². The molecule has 2 heterocycles. The van der Waals surface area contributed by atoms with E-state index >= 15 is 0 Å². The molecule has 3 rings (SSSR count). The van der Waals surface area contributed by atoms with Gasteiger partial charge in [-0.1, -0.05) is 24.3 Å². The molecule has 0 saturated carbocycles. The van der Waals surface area contributed by atoms with Gasteiger partial charge in [0.05, 0.1) is 6.54 Å². The zero-order valence-electron chi connectivity index (χ0n) is 15.8. The van der Waals surface area contributed by atoms with Crippen LogP contribution in [0.15, 0.2) is 46.5 Å². The van der Waals surface area contributed by atoms with Crippen LogP contribution in [0.25, 0.3) is 11.2 Å². The summed E-state index contributed by atoms with van der Waals surface area (Å²) in [5, 5.41) is 13.5. The Balaban J connectivity index is 1.91. The fraction of sp³-hybridized carbons (Fsp3) is 0.316. The van der Waals surface area contributed by atoms with Crippen molar-refractivity contribution in [1.29, 1.82) is 0 Å². The SMILES string of the molecule is C=CCNc1nc2c(c(=O)[nH]c(=O)n2C)n1C[C@@H](O)COc1ccccc1C. The van der Waals surface area contributed by atoms with Crippen LogP contribution >= 0.6 is 0 Å². The maximum absolute atomic E-state index is 12.4. The van der Waals surface area contributed by atoms with Gasteiger partial charge in [0.15, 0.2) is 11.2 Å². The van der Waals surface area contributed by atoms with Crippen molar-refractivity contribution in [2.45, 2.75) is 19.6 Å². The maximum Gasteiger partial charge on any atom is 0.329 e. The van der Waals surface area contributed by atoms with Crippen LogP contribution in [-0.4, -0.2) is 43.5 Å². The predicted molar refractivity (Wildman–Crippen MR) is 107 cm³/mol. The number of hydrogen-bond acceptors (Lipinski definition) is 6. The van der Waals surface area contributed by atoms with E-state index in [1.165, 1.54) is 11.6 Å². The standard InChI is InChI=1S/C19H23N5O4/c1-4-9-20-18-21-16-15(17(26)22-19(27)23(16)3)24(18)10-13(25)11-28-14-8-6-5-7-12(14)2/h4-8,13,25H,1,9-11H2,2-3H3,(H,20,21)(H,22,26,27)/t13-/m1/s1. The normalized spacial score (nSPS) is 12.1. The Kier molecular flexibility index (Phi) is 5.65. The lowest BCUT2D eigenvalue weighted by atomic mass is 10.2. The fourth-order valence-corrected chi connectivity index (χ4v) is 2.88. The smallest absolute Gasteiger partial charge is 0.329 e. The van der Waals surface area contributed by atoms with Gasteiger partial charge >= 0.3 is 5.69 Å². The number of ether oxygens (including phenoxy) is 1. The van der Waals surface area contributed by atoms with Crippen LogP contribution in [-0.2, 0) is 13.6 Å². The number of rotatable bonds is 8. The maximum atomic E-state index is 12.4. The molecule has 0 bridgehead atoms. The molecule has 2 aromatic heterocycles. The molecule has 0 spiro atoms. The summed E-state index contributed by atoms with van der Waals surface area (Å²) < 4.78 is 8.49. The molecule has 28 heavy (non-hydrogen) atoms. The lowest BCUT2D eigenvalue weighted by Gasteiger charge is -2.16. The number of nitrogens with one attached hydrogen (secondary N) is 2. The van der Waals surface area contributed by atoms with Gasteiger partial charge in [0.2, 0.25) is 5.95 Å². The monoisotopic (exact) mass is 385 g/mol. The van der Waals surface area contributed by atoms with Gasteiger partial charge in [-0.2, -0.15) is 4.98 Å². The van der Waals surface area contributed by atoms with Gasteiger partial charge in [-0.05, 0) is 18.6 Å². The zero-order valence-corrected chi connectivity index (χ0v) is 15.8. The molecule has 9 heteroatoms. The minimum atomic E-state index is -0.905. The molecule has 0 unspecified atom stereocenters. The van der Waals surface area contributed by atoms with E-state index in [0.29, 0.717) is 18.2 Å². The Bertz CT molecular complexity index is 1110. The molecule has 0 radical (unpaired) electrons. The first-order valence-corrected chi connectivity index (χ1v) is 8.83. The zero-order chi connectivity index (χ0) is 20.3. The van der Waals surface area contributed by atoms with Gasteiger partial charge in [0.25, 0.3) is 5.56 Å². The van der Waals surface area contributed by atoms with Crippen LogP contribution in [0.1, 0.15) is 5.56 Å². The number of fused-ring (bicyclic) bond motifs is 1. The summed E-state index contributed by atoms with van der Waals surface area (Å²) in [6.07, 6.45) is 0.739.